The summed E-state index contributed by atoms with van der Waals surface area (Å²) in [4.78, 5) is 12.3. The van der Waals surface area contributed by atoms with Gasteiger partial charge in [0.15, 0.2) is 0 Å². The molecule has 0 bridgehead atoms. The van der Waals surface area contributed by atoms with E-state index < -0.39 is 30.1 Å². The predicted molar refractivity (Wildman–Crippen MR) is 76.8 cm³/mol. The largest absolute Gasteiger partial charge is 0.438 e. The molecule has 1 aromatic heterocycles. The van der Waals surface area contributed by atoms with Gasteiger partial charge < -0.3 is 5.11 Å². The first-order valence-corrected chi connectivity index (χ1v) is 7.22. The molecule has 1 N–H and O–H groups in total. The summed E-state index contributed by atoms with van der Waals surface area (Å²) in [7, 11) is 0. The molecule has 0 fully saturated rings. The average Bonchev–Trinajstić information content (AvgIpc) is 2.95. The number of aliphatic hydroxyl groups is 1. The van der Waals surface area contributed by atoms with Gasteiger partial charge >= 0.3 is 6.18 Å². The number of aromatic nitrogens is 2. The highest BCUT2D eigenvalue weighted by Crippen LogP contribution is 2.39. The van der Waals surface area contributed by atoms with Crippen molar-refractivity contribution >= 4 is 23.7 Å². The van der Waals surface area contributed by atoms with Crippen molar-refractivity contribution in [1.29, 1.82) is 0 Å². The van der Waals surface area contributed by atoms with Crippen LogP contribution in [-0.4, -0.2) is 43.9 Å². The third kappa shape index (κ3) is 2.94. The molecule has 1 aromatic rings. The number of hydrogen-bond donors (Lipinski definition) is 1. The molecule has 0 saturated carbocycles. The third-order valence-electron chi connectivity index (χ3n) is 3.75. The van der Waals surface area contributed by atoms with E-state index >= 15 is 0 Å². The molecule has 0 spiro atoms. The number of alkyl halides is 3. The van der Waals surface area contributed by atoms with Crippen LogP contribution in [0.4, 0.5) is 13.2 Å². The predicted octanol–water partition coefficient (Wildman–Crippen LogP) is 2.26. The van der Waals surface area contributed by atoms with Crippen LogP contribution in [0, 0.1) is 19.8 Å². The Morgan fingerprint density at radius 1 is 1.52 bits per heavy atom. The van der Waals surface area contributed by atoms with Gasteiger partial charge in [0.1, 0.15) is 0 Å². The van der Waals surface area contributed by atoms with Crippen LogP contribution in [0.5, 0.6) is 0 Å². The highest BCUT2D eigenvalue weighted by molar-refractivity contribution is 6.31. The summed E-state index contributed by atoms with van der Waals surface area (Å²) in [6, 6.07) is 0. The van der Waals surface area contributed by atoms with E-state index in [1.165, 1.54) is 11.6 Å². The lowest BCUT2D eigenvalue weighted by Crippen LogP contribution is -2.57. The smallest absolute Gasteiger partial charge is 0.362 e. The molecule has 0 aromatic carbocycles. The molecule has 0 radical (unpaired) electrons. The Bertz CT molecular complexity index is 658. The standard InChI is InChI=1S/C13H16ClF3N4O2/c1-7(6-20-9(3)10(14)8(2)19-20)11(22)21-12(23,4-5-18-21)13(15,16)17/h5,7,23H,4,6H2,1-3H3. The van der Waals surface area contributed by atoms with Crippen LogP contribution >= 0.6 is 11.6 Å². The maximum atomic E-state index is 13.0. The van der Waals surface area contributed by atoms with Crippen LogP contribution in [0.2, 0.25) is 5.02 Å². The van der Waals surface area contributed by atoms with Gasteiger partial charge in [0.2, 0.25) is 5.91 Å². The summed E-state index contributed by atoms with van der Waals surface area (Å²) in [5.74, 6) is -1.82. The molecule has 10 heteroatoms. The summed E-state index contributed by atoms with van der Waals surface area (Å²) in [6.07, 6.45) is -4.92. The maximum Gasteiger partial charge on any atom is 0.438 e. The van der Waals surface area contributed by atoms with E-state index in [0.29, 0.717) is 16.4 Å². The van der Waals surface area contributed by atoms with Crippen LogP contribution in [0.25, 0.3) is 0 Å². The summed E-state index contributed by atoms with van der Waals surface area (Å²) < 4.78 is 40.5. The lowest BCUT2D eigenvalue weighted by molar-refractivity contribution is -0.303. The number of nitrogens with zero attached hydrogens (tertiary/aromatic N) is 4. The van der Waals surface area contributed by atoms with Crippen molar-refractivity contribution in [2.45, 2.75) is 45.6 Å². The number of halogens is 4. The van der Waals surface area contributed by atoms with E-state index in [2.05, 4.69) is 10.2 Å². The molecule has 6 nitrogen and oxygen atoms in total. The van der Waals surface area contributed by atoms with Gasteiger partial charge in [-0.15, -0.1) is 0 Å². The summed E-state index contributed by atoms with van der Waals surface area (Å²) in [5.41, 5.74) is -2.12. The Morgan fingerprint density at radius 3 is 2.61 bits per heavy atom. The first-order valence-electron chi connectivity index (χ1n) is 6.84. The van der Waals surface area contributed by atoms with Crippen LogP contribution < -0.4 is 0 Å². The minimum Gasteiger partial charge on any atom is -0.362 e. The lowest BCUT2D eigenvalue weighted by atomic mass is 10.1. The van der Waals surface area contributed by atoms with Gasteiger partial charge in [-0.05, 0) is 13.8 Å². The van der Waals surface area contributed by atoms with Gasteiger partial charge in [0.05, 0.1) is 28.9 Å². The molecular formula is C13H16ClF3N4O2. The van der Waals surface area contributed by atoms with Crippen LogP contribution in [0.1, 0.15) is 24.7 Å². The topological polar surface area (TPSA) is 70.7 Å². The van der Waals surface area contributed by atoms with E-state index in [1.54, 1.807) is 13.8 Å². The molecule has 0 aliphatic carbocycles. The molecule has 1 aliphatic rings. The average molecular weight is 353 g/mol. The number of hydrogen-bond acceptors (Lipinski definition) is 4. The fourth-order valence-electron chi connectivity index (χ4n) is 2.31. The summed E-state index contributed by atoms with van der Waals surface area (Å²) in [5, 5.41) is 17.9. The molecule has 23 heavy (non-hydrogen) atoms. The number of carbonyl (C=O) groups is 1. The van der Waals surface area contributed by atoms with Crippen molar-refractivity contribution < 1.29 is 23.1 Å². The number of carbonyl (C=O) groups excluding carboxylic acids is 1. The number of amides is 1. The second kappa shape index (κ2) is 5.79. The Morgan fingerprint density at radius 2 is 2.13 bits per heavy atom. The van der Waals surface area contributed by atoms with Gasteiger partial charge in [-0.1, -0.05) is 18.5 Å². The molecule has 2 rings (SSSR count). The Labute approximate surface area is 135 Å². The van der Waals surface area contributed by atoms with Crippen LogP contribution in [-0.2, 0) is 11.3 Å². The van der Waals surface area contributed by atoms with Crippen LogP contribution in [0.3, 0.4) is 0 Å². The molecule has 1 amide bonds. The van der Waals surface area contributed by atoms with Crippen molar-refractivity contribution in [3.05, 3.63) is 16.4 Å². The number of rotatable bonds is 3. The molecular weight excluding hydrogens is 337 g/mol. The SMILES string of the molecule is Cc1nn(CC(C)C(=O)N2N=CCC2(O)C(F)(F)F)c(C)c1Cl. The molecule has 2 unspecified atom stereocenters. The highest BCUT2D eigenvalue weighted by atomic mass is 35.5. The first-order chi connectivity index (χ1) is 10.5. The van der Waals surface area contributed by atoms with Crippen molar-refractivity contribution in [2.24, 2.45) is 11.0 Å². The fraction of sp³-hybridized carbons (Fsp3) is 0.615. The van der Waals surface area contributed by atoms with Crippen molar-refractivity contribution in [1.82, 2.24) is 14.8 Å². The second-order valence-electron chi connectivity index (χ2n) is 5.53. The molecule has 128 valence electrons. The molecule has 2 heterocycles. The van der Waals surface area contributed by atoms with Gasteiger partial charge in [-0.25, -0.2) is 0 Å². The fourth-order valence-corrected chi connectivity index (χ4v) is 2.44. The minimum absolute atomic E-state index is 0.0260. The second-order valence-corrected chi connectivity index (χ2v) is 5.91. The van der Waals surface area contributed by atoms with E-state index in [0.717, 1.165) is 6.21 Å². The summed E-state index contributed by atoms with van der Waals surface area (Å²) in [6.45, 7) is 4.85. The number of aryl methyl sites for hydroxylation is 1. The Hall–Kier alpha value is -1.61. The summed E-state index contributed by atoms with van der Waals surface area (Å²) >= 11 is 6.00. The zero-order valence-corrected chi connectivity index (χ0v) is 13.5. The molecule has 0 saturated heterocycles. The Balaban J connectivity index is 2.19. The zero-order chi connectivity index (χ0) is 17.6. The van der Waals surface area contributed by atoms with Crippen molar-refractivity contribution in [3.8, 4) is 0 Å². The van der Waals surface area contributed by atoms with Crippen molar-refractivity contribution in [3.63, 3.8) is 0 Å². The quantitative estimate of drug-likeness (QED) is 0.907. The van der Waals surface area contributed by atoms with Gasteiger partial charge in [-0.3, -0.25) is 9.48 Å². The lowest BCUT2D eigenvalue weighted by Gasteiger charge is -2.33. The van der Waals surface area contributed by atoms with Gasteiger partial charge in [0.25, 0.3) is 5.72 Å². The van der Waals surface area contributed by atoms with Gasteiger partial charge in [0, 0.05) is 12.6 Å². The Kier molecular flexibility index (Phi) is 4.46. The molecule has 1 aliphatic heterocycles. The normalized spacial score (nSPS) is 22.7. The van der Waals surface area contributed by atoms with E-state index in [-0.39, 0.29) is 11.6 Å². The van der Waals surface area contributed by atoms with Crippen molar-refractivity contribution in [2.75, 3.05) is 0 Å². The first kappa shape index (κ1) is 17.7. The van der Waals surface area contributed by atoms with Crippen LogP contribution in [0.15, 0.2) is 5.10 Å². The minimum atomic E-state index is -5.00. The third-order valence-corrected chi connectivity index (χ3v) is 4.29. The maximum absolute atomic E-state index is 13.0. The molecule has 2 atom stereocenters. The number of hydrazone groups is 1. The zero-order valence-electron chi connectivity index (χ0n) is 12.7. The van der Waals surface area contributed by atoms with E-state index in [1.807, 2.05) is 0 Å². The van der Waals surface area contributed by atoms with E-state index in [9.17, 15) is 23.1 Å². The van der Waals surface area contributed by atoms with Gasteiger partial charge in [-0.2, -0.15) is 28.4 Å². The monoisotopic (exact) mass is 352 g/mol. The highest BCUT2D eigenvalue weighted by Gasteiger charge is 2.61. The van der Waals surface area contributed by atoms with E-state index in [4.69, 9.17) is 11.6 Å².